The highest BCUT2D eigenvalue weighted by atomic mass is 32.2. The number of benzene rings is 1. The smallest absolute Gasteiger partial charge is 0.218 e. The monoisotopic (exact) mass is 386 g/mol. The van der Waals surface area contributed by atoms with Crippen molar-refractivity contribution in [3.63, 3.8) is 0 Å². The van der Waals surface area contributed by atoms with Gasteiger partial charge in [-0.3, -0.25) is 4.68 Å². The third kappa shape index (κ3) is 3.53. The van der Waals surface area contributed by atoms with E-state index >= 15 is 0 Å². The quantitative estimate of drug-likeness (QED) is 0.701. The van der Waals surface area contributed by atoms with Crippen LogP contribution in [0.1, 0.15) is 17.2 Å². The van der Waals surface area contributed by atoms with Crippen LogP contribution in [0.5, 0.6) is 0 Å². The second-order valence-electron chi connectivity index (χ2n) is 6.84. The molecule has 142 valence electrons. The van der Waals surface area contributed by atoms with Gasteiger partial charge in [0.15, 0.2) is 0 Å². The van der Waals surface area contributed by atoms with Crippen LogP contribution in [0.15, 0.2) is 55.0 Å². The molecule has 3 aromatic rings. The SMILES string of the molecule is Cn1nccc1[C@@H]1CN(S(=O)(=O)Cc2ccc(-n3cccn3)cc2)C[C@H]1N. The second-order valence-corrected chi connectivity index (χ2v) is 8.81. The van der Waals surface area contributed by atoms with Gasteiger partial charge in [0, 0.05) is 56.4 Å². The minimum Gasteiger partial charge on any atom is -0.326 e. The molecule has 0 unspecified atom stereocenters. The zero-order chi connectivity index (χ0) is 19.0. The predicted octanol–water partition coefficient (Wildman–Crippen LogP) is 0.862. The number of aryl methyl sites for hydroxylation is 1. The van der Waals surface area contributed by atoms with Gasteiger partial charge in [0.1, 0.15) is 0 Å². The Balaban J connectivity index is 1.48. The molecular formula is C18H22N6O2S. The van der Waals surface area contributed by atoms with Crippen LogP contribution in [0.3, 0.4) is 0 Å². The van der Waals surface area contributed by atoms with Crippen molar-refractivity contribution in [1.29, 1.82) is 0 Å². The van der Waals surface area contributed by atoms with Crippen LogP contribution in [0, 0.1) is 0 Å². The Morgan fingerprint density at radius 2 is 1.89 bits per heavy atom. The van der Waals surface area contributed by atoms with E-state index in [-0.39, 0.29) is 17.7 Å². The van der Waals surface area contributed by atoms with Crippen LogP contribution in [-0.4, -0.2) is 51.4 Å². The molecule has 2 atom stereocenters. The number of aromatic nitrogens is 4. The molecular weight excluding hydrogens is 364 g/mol. The Labute approximate surface area is 158 Å². The highest BCUT2D eigenvalue weighted by Crippen LogP contribution is 2.29. The minimum atomic E-state index is -3.45. The van der Waals surface area contributed by atoms with E-state index in [4.69, 9.17) is 5.73 Å². The van der Waals surface area contributed by atoms with Crippen LogP contribution < -0.4 is 5.73 Å². The molecule has 9 heteroatoms. The Hall–Kier alpha value is -2.49. The Bertz CT molecular complexity index is 1010. The van der Waals surface area contributed by atoms with E-state index < -0.39 is 10.0 Å². The summed E-state index contributed by atoms with van der Waals surface area (Å²) in [5, 5.41) is 8.34. The Kier molecular flexibility index (Phi) is 4.58. The van der Waals surface area contributed by atoms with Crippen molar-refractivity contribution in [3.05, 3.63) is 66.2 Å². The molecule has 1 aliphatic rings. The highest BCUT2D eigenvalue weighted by molar-refractivity contribution is 7.88. The summed E-state index contributed by atoms with van der Waals surface area (Å²) in [6.45, 7) is 0.706. The van der Waals surface area contributed by atoms with Crippen LogP contribution >= 0.6 is 0 Å². The highest BCUT2D eigenvalue weighted by Gasteiger charge is 2.38. The molecule has 1 fully saturated rings. The van der Waals surface area contributed by atoms with E-state index in [1.165, 1.54) is 4.31 Å². The summed E-state index contributed by atoms with van der Waals surface area (Å²) >= 11 is 0. The molecule has 2 aromatic heterocycles. The van der Waals surface area contributed by atoms with Crippen LogP contribution in [0.2, 0.25) is 0 Å². The van der Waals surface area contributed by atoms with Gasteiger partial charge < -0.3 is 5.73 Å². The fourth-order valence-electron chi connectivity index (χ4n) is 3.55. The molecule has 8 nitrogen and oxygen atoms in total. The Morgan fingerprint density at radius 1 is 1.11 bits per heavy atom. The fourth-order valence-corrected chi connectivity index (χ4v) is 5.13. The lowest BCUT2D eigenvalue weighted by atomic mass is 10.0. The first-order valence-corrected chi connectivity index (χ1v) is 10.4. The van der Waals surface area contributed by atoms with Gasteiger partial charge in [-0.2, -0.15) is 14.5 Å². The lowest BCUT2D eigenvalue weighted by Crippen LogP contribution is -2.33. The normalized spacial score (nSPS) is 21.0. The van der Waals surface area contributed by atoms with Gasteiger partial charge in [0.25, 0.3) is 0 Å². The lowest BCUT2D eigenvalue weighted by molar-refractivity contribution is 0.467. The molecule has 4 rings (SSSR count). The number of nitrogens with zero attached hydrogens (tertiary/aromatic N) is 5. The molecule has 1 aromatic carbocycles. The largest absolute Gasteiger partial charge is 0.326 e. The third-order valence-corrected chi connectivity index (χ3v) is 6.80. The summed E-state index contributed by atoms with van der Waals surface area (Å²) in [7, 11) is -1.60. The topological polar surface area (TPSA) is 99.0 Å². The molecule has 0 spiro atoms. The van der Waals surface area contributed by atoms with E-state index in [9.17, 15) is 8.42 Å². The van der Waals surface area contributed by atoms with E-state index in [0.717, 1.165) is 16.9 Å². The molecule has 0 bridgehead atoms. The van der Waals surface area contributed by atoms with E-state index in [0.29, 0.717) is 13.1 Å². The lowest BCUT2D eigenvalue weighted by Gasteiger charge is -2.17. The second kappa shape index (κ2) is 6.91. The molecule has 3 heterocycles. The van der Waals surface area contributed by atoms with Gasteiger partial charge in [-0.05, 0) is 29.8 Å². The first kappa shape index (κ1) is 17.9. The summed E-state index contributed by atoms with van der Waals surface area (Å²) in [4.78, 5) is 0. The van der Waals surface area contributed by atoms with Crippen molar-refractivity contribution in [3.8, 4) is 5.69 Å². The van der Waals surface area contributed by atoms with Crippen molar-refractivity contribution in [2.24, 2.45) is 12.8 Å². The van der Waals surface area contributed by atoms with E-state index in [1.807, 2.05) is 49.6 Å². The van der Waals surface area contributed by atoms with Crippen LogP contribution in [0.25, 0.3) is 5.69 Å². The summed E-state index contributed by atoms with van der Waals surface area (Å²) in [5.74, 6) is -0.0912. The maximum Gasteiger partial charge on any atom is 0.218 e. The molecule has 1 saturated heterocycles. The van der Waals surface area contributed by atoms with Crippen LogP contribution in [0.4, 0.5) is 0 Å². The predicted molar refractivity (Wildman–Crippen MR) is 102 cm³/mol. The number of rotatable bonds is 5. The number of hydrogen-bond donors (Lipinski definition) is 1. The van der Waals surface area contributed by atoms with Crippen molar-refractivity contribution >= 4 is 10.0 Å². The maximum absolute atomic E-state index is 12.9. The van der Waals surface area contributed by atoms with Gasteiger partial charge in [0.05, 0.1) is 11.4 Å². The van der Waals surface area contributed by atoms with E-state index in [2.05, 4.69) is 10.2 Å². The van der Waals surface area contributed by atoms with E-state index in [1.54, 1.807) is 21.8 Å². The number of nitrogens with two attached hydrogens (primary N) is 1. The van der Waals surface area contributed by atoms with Crippen molar-refractivity contribution in [2.45, 2.75) is 17.7 Å². The summed E-state index contributed by atoms with van der Waals surface area (Å²) < 4.78 is 30.8. The van der Waals surface area contributed by atoms with Gasteiger partial charge in [-0.25, -0.2) is 13.1 Å². The minimum absolute atomic E-state index is 0.0444. The molecule has 0 aliphatic carbocycles. The molecule has 27 heavy (non-hydrogen) atoms. The van der Waals surface area contributed by atoms with Crippen molar-refractivity contribution < 1.29 is 8.42 Å². The molecule has 0 radical (unpaired) electrons. The summed E-state index contributed by atoms with van der Waals surface area (Å²) in [6, 6.07) is 10.9. The number of sulfonamides is 1. The average Bonchev–Trinajstić information content (AvgIpc) is 3.36. The Morgan fingerprint density at radius 3 is 2.52 bits per heavy atom. The first-order valence-electron chi connectivity index (χ1n) is 8.74. The maximum atomic E-state index is 12.9. The molecule has 2 N–H and O–H groups in total. The molecule has 0 amide bonds. The third-order valence-electron chi connectivity index (χ3n) is 5.02. The molecule has 1 aliphatic heterocycles. The standard InChI is InChI=1S/C18H22N6O2S/c1-22-18(7-9-20-22)16-11-23(12-17(16)19)27(25,26)13-14-3-5-15(6-4-14)24-10-2-8-21-24/h2-10,16-17H,11-13,19H2,1H3/t16-,17-/m1/s1. The van der Waals surface area contributed by atoms with Crippen molar-refractivity contribution in [1.82, 2.24) is 23.9 Å². The van der Waals surface area contributed by atoms with Crippen molar-refractivity contribution in [2.75, 3.05) is 13.1 Å². The van der Waals surface area contributed by atoms with Gasteiger partial charge in [0.2, 0.25) is 10.0 Å². The van der Waals surface area contributed by atoms with Gasteiger partial charge in [-0.1, -0.05) is 12.1 Å². The summed E-state index contributed by atoms with van der Waals surface area (Å²) in [6.07, 6.45) is 5.25. The summed E-state index contributed by atoms with van der Waals surface area (Å²) in [5.41, 5.74) is 8.83. The molecule has 0 saturated carbocycles. The van der Waals surface area contributed by atoms with Gasteiger partial charge >= 0.3 is 0 Å². The number of hydrogen-bond acceptors (Lipinski definition) is 5. The van der Waals surface area contributed by atoms with Crippen LogP contribution in [-0.2, 0) is 22.8 Å². The first-order chi connectivity index (χ1) is 12.9. The van der Waals surface area contributed by atoms with Gasteiger partial charge in [-0.15, -0.1) is 0 Å². The zero-order valence-electron chi connectivity index (χ0n) is 15.0. The zero-order valence-corrected chi connectivity index (χ0v) is 15.8. The fraction of sp³-hybridized carbons (Fsp3) is 0.333. The average molecular weight is 386 g/mol.